The lowest BCUT2D eigenvalue weighted by Gasteiger charge is -2.37. The number of likely N-dealkylation sites (tertiary alicyclic amines) is 1. The van der Waals surface area contributed by atoms with Crippen LogP contribution in [0.5, 0.6) is 11.5 Å². The minimum absolute atomic E-state index is 0.0549. The van der Waals surface area contributed by atoms with Crippen molar-refractivity contribution in [2.45, 2.75) is 25.8 Å². The molecule has 208 valence electrons. The highest BCUT2D eigenvalue weighted by molar-refractivity contribution is 5.88. The van der Waals surface area contributed by atoms with Gasteiger partial charge in [-0.2, -0.15) is 0 Å². The lowest BCUT2D eigenvalue weighted by Crippen LogP contribution is -2.48. The van der Waals surface area contributed by atoms with Gasteiger partial charge in [-0.05, 0) is 61.7 Å². The van der Waals surface area contributed by atoms with Crippen LogP contribution in [-0.4, -0.2) is 71.9 Å². The van der Waals surface area contributed by atoms with E-state index in [1.807, 2.05) is 67.2 Å². The van der Waals surface area contributed by atoms with Gasteiger partial charge in [0.05, 0.1) is 11.7 Å². The van der Waals surface area contributed by atoms with Crippen LogP contribution in [0.2, 0.25) is 0 Å². The van der Waals surface area contributed by atoms with Crippen LogP contribution in [0, 0.1) is 6.92 Å². The van der Waals surface area contributed by atoms with Crippen molar-refractivity contribution in [2.24, 2.45) is 7.05 Å². The predicted molar refractivity (Wildman–Crippen MR) is 156 cm³/mol. The number of nitrogens with one attached hydrogen (secondary N) is 1. The maximum absolute atomic E-state index is 12.2. The lowest BCUT2D eigenvalue weighted by molar-refractivity contribution is -0.127. The maximum Gasteiger partial charge on any atom is 0.246 e. The lowest BCUT2D eigenvalue weighted by atomic mass is 10.0. The first-order valence-corrected chi connectivity index (χ1v) is 13.4. The summed E-state index contributed by atoms with van der Waals surface area (Å²) in [5.41, 5.74) is 4.72. The molecule has 1 aliphatic heterocycles. The Labute approximate surface area is 236 Å². The number of aromatic nitrogens is 7. The van der Waals surface area contributed by atoms with Crippen molar-refractivity contribution in [1.29, 1.82) is 0 Å². The van der Waals surface area contributed by atoms with Crippen LogP contribution in [0.1, 0.15) is 18.4 Å². The minimum Gasteiger partial charge on any atom is -0.457 e. The predicted octanol–water partition coefficient (Wildman–Crippen LogP) is 4.16. The molecular weight excluding hydrogens is 520 g/mol. The van der Waals surface area contributed by atoms with Crippen LogP contribution in [0.3, 0.4) is 0 Å². The van der Waals surface area contributed by atoms with E-state index in [4.69, 9.17) is 9.72 Å². The van der Waals surface area contributed by atoms with Gasteiger partial charge in [0.15, 0.2) is 5.82 Å². The number of benzene rings is 2. The zero-order valence-electron chi connectivity index (χ0n) is 23.2. The molecular formula is C29H30N10O2. The summed E-state index contributed by atoms with van der Waals surface area (Å²) in [5, 5.41) is 11.6. The molecule has 1 amide bonds. The third kappa shape index (κ3) is 5.23. The SMILES string of the molecule is C=CC(=O)N1CCC[C@H](N(C)c2ncc3ncnc(Nc4ccc(Oc5ccc6c(c5)nnn6C)c(C)c4)c3n2)C1. The molecule has 3 aromatic heterocycles. The summed E-state index contributed by atoms with van der Waals surface area (Å²) in [6.45, 7) is 6.93. The first kappa shape index (κ1) is 26.1. The molecule has 0 spiro atoms. The Morgan fingerprint density at radius 2 is 2.05 bits per heavy atom. The Morgan fingerprint density at radius 1 is 1.17 bits per heavy atom. The second-order valence-electron chi connectivity index (χ2n) is 10.1. The largest absolute Gasteiger partial charge is 0.457 e. The van der Waals surface area contributed by atoms with E-state index in [2.05, 4.69) is 37.2 Å². The van der Waals surface area contributed by atoms with Crippen LogP contribution >= 0.6 is 0 Å². The van der Waals surface area contributed by atoms with E-state index < -0.39 is 0 Å². The van der Waals surface area contributed by atoms with Crippen molar-refractivity contribution < 1.29 is 9.53 Å². The molecule has 12 nitrogen and oxygen atoms in total. The van der Waals surface area contributed by atoms with Gasteiger partial charge in [0.2, 0.25) is 11.9 Å². The zero-order valence-corrected chi connectivity index (χ0v) is 23.2. The van der Waals surface area contributed by atoms with Crippen molar-refractivity contribution in [3.05, 3.63) is 67.1 Å². The molecule has 1 aliphatic rings. The summed E-state index contributed by atoms with van der Waals surface area (Å²) in [4.78, 5) is 34.2. The fourth-order valence-electron chi connectivity index (χ4n) is 5.06. The fraction of sp³-hybridized carbons (Fsp3) is 0.276. The summed E-state index contributed by atoms with van der Waals surface area (Å²) in [7, 11) is 3.81. The van der Waals surface area contributed by atoms with Crippen molar-refractivity contribution >= 4 is 45.4 Å². The number of hydrogen-bond donors (Lipinski definition) is 1. The molecule has 1 N–H and O–H groups in total. The third-order valence-electron chi connectivity index (χ3n) is 7.36. The molecule has 1 atom stereocenters. The molecule has 41 heavy (non-hydrogen) atoms. The fourth-order valence-corrected chi connectivity index (χ4v) is 5.06. The third-order valence-corrected chi connectivity index (χ3v) is 7.36. The van der Waals surface area contributed by atoms with E-state index >= 15 is 0 Å². The Bertz CT molecular complexity index is 1770. The molecule has 5 aromatic rings. The van der Waals surface area contributed by atoms with E-state index in [0.29, 0.717) is 35.1 Å². The summed E-state index contributed by atoms with van der Waals surface area (Å²) < 4.78 is 7.87. The summed E-state index contributed by atoms with van der Waals surface area (Å²) in [6, 6.07) is 11.6. The van der Waals surface area contributed by atoms with E-state index in [1.165, 1.54) is 12.4 Å². The Hall–Kier alpha value is -5.13. The quantitative estimate of drug-likeness (QED) is 0.295. The smallest absolute Gasteiger partial charge is 0.246 e. The van der Waals surface area contributed by atoms with Crippen LogP contribution in [0.4, 0.5) is 17.5 Å². The normalized spacial score (nSPS) is 15.2. The molecule has 0 aliphatic carbocycles. The van der Waals surface area contributed by atoms with Crippen LogP contribution in [0.15, 0.2) is 61.6 Å². The number of likely N-dealkylation sites (N-methyl/N-ethyl adjacent to an activating group) is 1. The molecule has 0 bridgehead atoms. The number of carbonyl (C=O) groups is 1. The second-order valence-corrected chi connectivity index (χ2v) is 10.1. The van der Waals surface area contributed by atoms with Gasteiger partial charge in [0.1, 0.15) is 34.4 Å². The standard InChI is InChI=1S/C29H30N10O2/c1-5-26(40)39-12-6-7-20(16-39)37(3)29-30-15-23-27(34-29)28(32-17-31-23)33-19-8-11-25(18(2)13-19)41-21-9-10-24-22(14-21)35-36-38(24)4/h5,8-11,13-15,17,20H,1,6-7,12,16H2,2-4H3,(H,31,32,33)/t20-/m0/s1. The number of ether oxygens (including phenoxy) is 1. The highest BCUT2D eigenvalue weighted by Gasteiger charge is 2.27. The number of anilines is 3. The number of piperidine rings is 1. The molecule has 6 rings (SSSR count). The topological polar surface area (TPSA) is 127 Å². The maximum atomic E-state index is 12.2. The first-order chi connectivity index (χ1) is 19.9. The van der Waals surface area contributed by atoms with Gasteiger partial charge >= 0.3 is 0 Å². The highest BCUT2D eigenvalue weighted by Crippen LogP contribution is 2.31. The highest BCUT2D eigenvalue weighted by atomic mass is 16.5. The van der Waals surface area contributed by atoms with Gasteiger partial charge in [0.25, 0.3) is 0 Å². The molecule has 12 heteroatoms. The van der Waals surface area contributed by atoms with Gasteiger partial charge in [0, 0.05) is 45.0 Å². The number of aryl methyl sites for hydroxylation is 2. The second kappa shape index (κ2) is 10.8. The number of carbonyl (C=O) groups excluding carboxylic acids is 1. The first-order valence-electron chi connectivity index (χ1n) is 13.4. The van der Waals surface area contributed by atoms with Gasteiger partial charge in [-0.15, -0.1) is 5.10 Å². The van der Waals surface area contributed by atoms with Gasteiger partial charge in [-0.1, -0.05) is 11.8 Å². The summed E-state index contributed by atoms with van der Waals surface area (Å²) >= 11 is 0. The van der Waals surface area contributed by atoms with E-state index in [0.717, 1.165) is 47.4 Å². The zero-order chi connectivity index (χ0) is 28.5. The van der Waals surface area contributed by atoms with E-state index in [-0.39, 0.29) is 11.9 Å². The van der Waals surface area contributed by atoms with E-state index in [1.54, 1.807) is 10.9 Å². The molecule has 4 heterocycles. The number of hydrogen-bond acceptors (Lipinski definition) is 10. The van der Waals surface area contributed by atoms with Gasteiger partial charge in [-0.3, -0.25) is 4.79 Å². The van der Waals surface area contributed by atoms with E-state index in [9.17, 15) is 4.79 Å². The Balaban J connectivity index is 1.21. The van der Waals surface area contributed by atoms with Crippen molar-refractivity contribution in [3.63, 3.8) is 0 Å². The Kier molecular flexibility index (Phi) is 6.88. The Morgan fingerprint density at radius 3 is 2.88 bits per heavy atom. The number of amides is 1. The molecule has 0 unspecified atom stereocenters. The summed E-state index contributed by atoms with van der Waals surface area (Å²) in [5.74, 6) is 2.48. The number of fused-ring (bicyclic) bond motifs is 2. The molecule has 2 aromatic carbocycles. The van der Waals surface area contributed by atoms with Crippen molar-refractivity contribution in [1.82, 2.24) is 39.8 Å². The molecule has 0 radical (unpaired) electrons. The van der Waals surface area contributed by atoms with Crippen molar-refractivity contribution in [2.75, 3.05) is 30.4 Å². The molecule has 1 fully saturated rings. The van der Waals surface area contributed by atoms with Crippen LogP contribution in [-0.2, 0) is 11.8 Å². The number of rotatable bonds is 7. The van der Waals surface area contributed by atoms with Gasteiger partial charge < -0.3 is 19.9 Å². The number of nitrogens with zero attached hydrogens (tertiary/aromatic N) is 9. The van der Waals surface area contributed by atoms with Crippen molar-refractivity contribution in [3.8, 4) is 11.5 Å². The van der Waals surface area contributed by atoms with Crippen LogP contribution in [0.25, 0.3) is 22.1 Å². The average molecular weight is 551 g/mol. The minimum atomic E-state index is -0.0549. The average Bonchev–Trinajstić information content (AvgIpc) is 3.37. The molecule has 0 saturated carbocycles. The van der Waals surface area contributed by atoms with Crippen LogP contribution < -0.4 is 15.0 Å². The molecule has 1 saturated heterocycles. The van der Waals surface area contributed by atoms with Gasteiger partial charge in [-0.25, -0.2) is 24.6 Å². The monoisotopic (exact) mass is 550 g/mol. The summed E-state index contributed by atoms with van der Waals surface area (Å²) in [6.07, 6.45) is 6.40.